The number of methoxy groups -OCH3 is 1. The Bertz CT molecular complexity index is 926. The van der Waals surface area contributed by atoms with Gasteiger partial charge in [-0.3, -0.25) is 0 Å². The van der Waals surface area contributed by atoms with Crippen molar-refractivity contribution < 1.29 is 22.3 Å². The van der Waals surface area contributed by atoms with Gasteiger partial charge in [-0.2, -0.15) is 4.39 Å². The van der Waals surface area contributed by atoms with Crippen molar-refractivity contribution >= 4 is 0 Å². The van der Waals surface area contributed by atoms with Gasteiger partial charge in [-0.25, -0.2) is 13.2 Å². The Labute approximate surface area is 189 Å². The van der Waals surface area contributed by atoms with E-state index in [1.54, 1.807) is 6.07 Å². The van der Waals surface area contributed by atoms with Crippen LogP contribution < -0.4 is 4.74 Å². The maximum Gasteiger partial charge on any atom is 0.201 e. The third-order valence-corrected chi connectivity index (χ3v) is 7.61. The van der Waals surface area contributed by atoms with Gasteiger partial charge in [0.05, 0.1) is 7.11 Å². The van der Waals surface area contributed by atoms with Crippen molar-refractivity contribution in [1.29, 1.82) is 0 Å². The van der Waals surface area contributed by atoms with Crippen LogP contribution in [0.1, 0.15) is 77.2 Å². The molecule has 2 aliphatic carbocycles. The number of ether oxygens (including phenoxy) is 1. The molecule has 0 atom stereocenters. The molecule has 0 spiro atoms. The molecule has 1 nitrogen and oxygen atoms in total. The van der Waals surface area contributed by atoms with Gasteiger partial charge in [-0.1, -0.05) is 39.3 Å². The highest BCUT2D eigenvalue weighted by Crippen LogP contribution is 2.45. The number of halogens is 4. The number of hydrogen-bond acceptors (Lipinski definition) is 1. The van der Waals surface area contributed by atoms with Crippen molar-refractivity contribution in [2.24, 2.45) is 17.8 Å². The predicted molar refractivity (Wildman–Crippen MR) is 121 cm³/mol. The van der Waals surface area contributed by atoms with Crippen LogP contribution in [-0.4, -0.2) is 7.11 Å². The molecule has 0 aromatic heterocycles. The first-order valence-electron chi connectivity index (χ1n) is 11.4. The Balaban J connectivity index is 0.00000289. The SMILES string of the molecule is C.COc1ccc(-c2ccc(C3CCC(C4CCC(C)CC4)CC3)c(F)c2F)c(F)c1F. The average molecular weight is 451 g/mol. The molecule has 0 saturated heterocycles. The second-order valence-corrected chi connectivity index (χ2v) is 9.41. The fourth-order valence-corrected chi connectivity index (χ4v) is 5.64. The summed E-state index contributed by atoms with van der Waals surface area (Å²) in [7, 11) is 1.22. The molecule has 0 heterocycles. The maximum atomic E-state index is 15.0. The van der Waals surface area contributed by atoms with E-state index in [9.17, 15) is 17.6 Å². The summed E-state index contributed by atoms with van der Waals surface area (Å²) in [4.78, 5) is 0. The van der Waals surface area contributed by atoms with E-state index in [0.29, 0.717) is 11.5 Å². The molecule has 0 bridgehead atoms. The van der Waals surface area contributed by atoms with Crippen molar-refractivity contribution in [1.82, 2.24) is 0 Å². The molecule has 0 radical (unpaired) electrons. The monoisotopic (exact) mass is 450 g/mol. The molecule has 2 saturated carbocycles. The number of rotatable bonds is 4. The highest BCUT2D eigenvalue weighted by molar-refractivity contribution is 5.66. The maximum absolute atomic E-state index is 15.0. The zero-order valence-electron chi connectivity index (χ0n) is 18.2. The van der Waals surface area contributed by atoms with E-state index in [4.69, 9.17) is 4.74 Å². The molecule has 2 aliphatic rings. The van der Waals surface area contributed by atoms with Crippen LogP contribution in [0.15, 0.2) is 24.3 Å². The highest BCUT2D eigenvalue weighted by Gasteiger charge is 2.32. The Hall–Kier alpha value is -2.04. The molecule has 0 unspecified atom stereocenters. The Kier molecular flexibility index (Phi) is 7.89. The molecule has 4 rings (SSSR count). The zero-order chi connectivity index (χ0) is 22.1. The summed E-state index contributed by atoms with van der Waals surface area (Å²) in [5, 5.41) is 0. The molecule has 2 aromatic carbocycles. The van der Waals surface area contributed by atoms with Gasteiger partial charge in [0.25, 0.3) is 0 Å². The first-order valence-corrected chi connectivity index (χ1v) is 11.4. The van der Waals surface area contributed by atoms with Gasteiger partial charge in [-0.05, 0) is 79.9 Å². The second kappa shape index (κ2) is 10.3. The smallest absolute Gasteiger partial charge is 0.201 e. The molecule has 176 valence electrons. The fraction of sp³-hybridized carbons (Fsp3) is 0.556. The van der Waals surface area contributed by atoms with Crippen LogP contribution >= 0.6 is 0 Å². The molecule has 5 heteroatoms. The highest BCUT2D eigenvalue weighted by atomic mass is 19.2. The Morgan fingerprint density at radius 1 is 0.656 bits per heavy atom. The van der Waals surface area contributed by atoms with E-state index < -0.39 is 23.3 Å². The van der Waals surface area contributed by atoms with Crippen molar-refractivity contribution in [2.45, 2.75) is 71.6 Å². The minimum atomic E-state index is -1.24. The quantitative estimate of drug-likeness (QED) is 0.424. The third kappa shape index (κ3) is 4.67. The first-order chi connectivity index (χ1) is 14.9. The van der Waals surface area contributed by atoms with Gasteiger partial charge in [0, 0.05) is 11.1 Å². The normalized spacial score (nSPS) is 25.8. The number of hydrogen-bond donors (Lipinski definition) is 0. The lowest BCUT2D eigenvalue weighted by molar-refractivity contribution is 0.164. The van der Waals surface area contributed by atoms with Crippen LogP contribution in [0.3, 0.4) is 0 Å². The van der Waals surface area contributed by atoms with Crippen molar-refractivity contribution in [3.8, 4) is 16.9 Å². The van der Waals surface area contributed by atoms with Gasteiger partial charge in [-0.15, -0.1) is 0 Å². The number of benzene rings is 2. The third-order valence-electron chi connectivity index (χ3n) is 7.61. The van der Waals surface area contributed by atoms with Crippen LogP contribution in [0.5, 0.6) is 5.75 Å². The van der Waals surface area contributed by atoms with Gasteiger partial charge in [0.2, 0.25) is 5.82 Å². The molecule has 2 aromatic rings. The molecular weight excluding hydrogens is 416 g/mol. The summed E-state index contributed by atoms with van der Waals surface area (Å²) >= 11 is 0. The standard InChI is InChI=1S/C26H30F4O.CH4/c1-15-3-5-16(6-4-15)17-7-9-18(10-8-17)19-11-12-20(24(28)23(19)27)21-13-14-22(31-2)26(30)25(21)29;/h11-18H,3-10H2,1-2H3;1H4. The van der Waals surface area contributed by atoms with Crippen LogP contribution in [0, 0.1) is 41.0 Å². The van der Waals surface area contributed by atoms with Gasteiger partial charge in [0.1, 0.15) is 0 Å². The van der Waals surface area contributed by atoms with Crippen LogP contribution in [-0.2, 0) is 0 Å². The van der Waals surface area contributed by atoms with E-state index in [-0.39, 0.29) is 30.2 Å². The van der Waals surface area contributed by atoms with Gasteiger partial charge >= 0.3 is 0 Å². The van der Waals surface area contributed by atoms with E-state index in [2.05, 4.69) is 6.92 Å². The summed E-state index contributed by atoms with van der Waals surface area (Å²) in [6, 6.07) is 5.34. The lowest BCUT2D eigenvalue weighted by Crippen LogP contribution is -2.25. The summed E-state index contributed by atoms with van der Waals surface area (Å²) in [5.74, 6) is -2.53. The molecule has 0 N–H and O–H groups in total. The molecule has 0 aliphatic heterocycles. The van der Waals surface area contributed by atoms with Crippen molar-refractivity contribution in [2.75, 3.05) is 7.11 Å². The van der Waals surface area contributed by atoms with Crippen LogP contribution in [0.25, 0.3) is 11.1 Å². The zero-order valence-corrected chi connectivity index (χ0v) is 18.2. The van der Waals surface area contributed by atoms with Gasteiger partial charge < -0.3 is 4.74 Å². The average Bonchev–Trinajstić information content (AvgIpc) is 2.79. The van der Waals surface area contributed by atoms with E-state index in [1.165, 1.54) is 51.0 Å². The Morgan fingerprint density at radius 2 is 1.16 bits per heavy atom. The second-order valence-electron chi connectivity index (χ2n) is 9.41. The fourth-order valence-electron chi connectivity index (χ4n) is 5.64. The first kappa shape index (κ1) is 24.6. The molecule has 0 amide bonds. The lowest BCUT2D eigenvalue weighted by atomic mass is 9.68. The van der Waals surface area contributed by atoms with Crippen molar-refractivity contribution in [3.63, 3.8) is 0 Å². The lowest BCUT2D eigenvalue weighted by Gasteiger charge is -2.37. The minimum Gasteiger partial charge on any atom is -0.494 e. The Morgan fingerprint density at radius 3 is 1.72 bits per heavy atom. The largest absolute Gasteiger partial charge is 0.494 e. The summed E-state index contributed by atoms with van der Waals surface area (Å²) in [6.07, 6.45) is 8.96. The van der Waals surface area contributed by atoms with Crippen molar-refractivity contribution in [3.05, 3.63) is 53.1 Å². The summed E-state index contributed by atoms with van der Waals surface area (Å²) < 4.78 is 63.1. The molecule has 2 fully saturated rings. The predicted octanol–water partition coefficient (Wildman–Crippen LogP) is 8.65. The van der Waals surface area contributed by atoms with Crippen LogP contribution in [0.2, 0.25) is 0 Å². The van der Waals surface area contributed by atoms with E-state index in [0.717, 1.165) is 37.5 Å². The van der Waals surface area contributed by atoms with E-state index in [1.807, 2.05) is 0 Å². The molecular formula is C27H34F4O. The summed E-state index contributed by atoms with van der Waals surface area (Å²) in [6.45, 7) is 2.32. The van der Waals surface area contributed by atoms with Crippen LogP contribution in [0.4, 0.5) is 17.6 Å². The minimum absolute atomic E-state index is 0. The summed E-state index contributed by atoms with van der Waals surface area (Å²) in [5.41, 5.74) is -0.229. The van der Waals surface area contributed by atoms with Gasteiger partial charge in [0.15, 0.2) is 23.2 Å². The molecule has 32 heavy (non-hydrogen) atoms. The van der Waals surface area contributed by atoms with E-state index >= 15 is 0 Å². The topological polar surface area (TPSA) is 9.23 Å².